The van der Waals surface area contributed by atoms with Gasteiger partial charge in [0.25, 0.3) is 0 Å². The van der Waals surface area contributed by atoms with Crippen LogP contribution in [0.4, 0.5) is 0 Å². The summed E-state index contributed by atoms with van der Waals surface area (Å²) in [6, 6.07) is 11.3. The van der Waals surface area contributed by atoms with Crippen molar-refractivity contribution in [3.05, 3.63) is 53.7 Å². The van der Waals surface area contributed by atoms with E-state index in [1.165, 1.54) is 11.8 Å². The van der Waals surface area contributed by atoms with Gasteiger partial charge in [-0.2, -0.15) is 0 Å². The summed E-state index contributed by atoms with van der Waals surface area (Å²) in [4.78, 5) is 14.5. The molecule has 0 aliphatic rings. The van der Waals surface area contributed by atoms with Crippen LogP contribution in [0, 0.1) is 0 Å². The van der Waals surface area contributed by atoms with Gasteiger partial charge in [-0.05, 0) is 29.7 Å². The van der Waals surface area contributed by atoms with E-state index < -0.39 is 0 Å². The van der Waals surface area contributed by atoms with E-state index in [2.05, 4.69) is 18.8 Å². The first kappa shape index (κ1) is 12.3. The van der Waals surface area contributed by atoms with E-state index in [0.717, 1.165) is 12.0 Å². The van der Waals surface area contributed by atoms with Gasteiger partial charge in [0.15, 0.2) is 6.29 Å². The first-order chi connectivity index (χ1) is 8.69. The summed E-state index contributed by atoms with van der Waals surface area (Å²) in [5, 5.41) is 0. The smallest absolute Gasteiger partial charge is 0.219 e. The second kappa shape index (κ2) is 5.45. The summed E-state index contributed by atoms with van der Waals surface area (Å²) in [5.41, 5.74) is 1.81. The Bertz CT molecular complexity index is 515. The van der Waals surface area contributed by atoms with Gasteiger partial charge in [0.2, 0.25) is 5.88 Å². The number of hydrogen-bond acceptors (Lipinski definition) is 3. The zero-order valence-corrected chi connectivity index (χ0v) is 10.5. The molecule has 0 bridgehead atoms. The van der Waals surface area contributed by atoms with Gasteiger partial charge in [-0.3, -0.25) is 4.79 Å². The molecule has 0 amide bonds. The Labute approximate surface area is 106 Å². The van der Waals surface area contributed by atoms with Gasteiger partial charge in [-0.15, -0.1) is 0 Å². The lowest BCUT2D eigenvalue weighted by atomic mass is 10.0. The van der Waals surface area contributed by atoms with E-state index >= 15 is 0 Å². The van der Waals surface area contributed by atoms with Crippen LogP contribution in [0.5, 0.6) is 11.6 Å². The van der Waals surface area contributed by atoms with E-state index in [-0.39, 0.29) is 0 Å². The molecule has 1 aromatic carbocycles. The summed E-state index contributed by atoms with van der Waals surface area (Å²) < 4.78 is 5.59. The van der Waals surface area contributed by atoms with Crippen molar-refractivity contribution in [3.8, 4) is 11.6 Å². The topological polar surface area (TPSA) is 39.2 Å². The number of carbonyl (C=O) groups excluding carboxylic acids is 1. The predicted molar refractivity (Wildman–Crippen MR) is 70.2 cm³/mol. The molecule has 0 atom stereocenters. The van der Waals surface area contributed by atoms with Crippen LogP contribution < -0.4 is 4.74 Å². The molecule has 2 rings (SSSR count). The normalized spacial score (nSPS) is 10.4. The molecule has 0 saturated heterocycles. The minimum Gasteiger partial charge on any atom is -0.439 e. The highest BCUT2D eigenvalue weighted by atomic mass is 16.5. The summed E-state index contributed by atoms with van der Waals surface area (Å²) in [7, 11) is 0. The number of aldehydes is 1. The number of aromatic nitrogens is 1. The lowest BCUT2D eigenvalue weighted by molar-refractivity contribution is 0.112. The third-order valence-electron chi connectivity index (χ3n) is 2.66. The zero-order valence-electron chi connectivity index (χ0n) is 10.5. The Balaban J connectivity index is 2.10. The second-order valence-corrected chi connectivity index (χ2v) is 4.37. The van der Waals surface area contributed by atoms with Gasteiger partial charge in [-0.1, -0.05) is 26.0 Å². The highest BCUT2D eigenvalue weighted by Crippen LogP contribution is 2.22. The Kier molecular flexibility index (Phi) is 3.72. The van der Waals surface area contributed by atoms with E-state index in [9.17, 15) is 4.79 Å². The first-order valence-corrected chi connectivity index (χ1v) is 5.88. The third kappa shape index (κ3) is 2.94. The summed E-state index contributed by atoms with van der Waals surface area (Å²) in [5.74, 6) is 1.73. The van der Waals surface area contributed by atoms with Crippen LogP contribution >= 0.6 is 0 Å². The van der Waals surface area contributed by atoms with Crippen LogP contribution in [-0.2, 0) is 0 Å². The first-order valence-electron chi connectivity index (χ1n) is 5.88. The number of pyridine rings is 1. The Morgan fingerprint density at radius 1 is 1.11 bits per heavy atom. The van der Waals surface area contributed by atoms with Crippen LogP contribution in [0.25, 0.3) is 0 Å². The molecule has 3 nitrogen and oxygen atoms in total. The zero-order chi connectivity index (χ0) is 13.0. The third-order valence-corrected chi connectivity index (χ3v) is 2.66. The quantitative estimate of drug-likeness (QED) is 0.764. The molecular weight excluding hydrogens is 226 g/mol. The molecule has 0 radical (unpaired) electrons. The van der Waals surface area contributed by atoms with Crippen molar-refractivity contribution >= 4 is 6.29 Å². The van der Waals surface area contributed by atoms with E-state index in [4.69, 9.17) is 4.74 Å². The largest absolute Gasteiger partial charge is 0.439 e. The molecule has 3 heteroatoms. The van der Waals surface area contributed by atoms with E-state index in [1.54, 1.807) is 12.1 Å². The van der Waals surface area contributed by atoms with Gasteiger partial charge in [0, 0.05) is 17.8 Å². The number of ether oxygens (including phenoxy) is 1. The fraction of sp³-hybridized carbons (Fsp3) is 0.200. The second-order valence-electron chi connectivity index (χ2n) is 4.37. The molecule has 18 heavy (non-hydrogen) atoms. The SMILES string of the molecule is CC(C)c1ccc(Oc2ccc(C=O)cn2)cc1. The van der Waals surface area contributed by atoms with Gasteiger partial charge < -0.3 is 4.74 Å². The van der Waals surface area contributed by atoms with Crippen LogP contribution in [0.2, 0.25) is 0 Å². The Hall–Kier alpha value is -2.16. The number of benzene rings is 1. The highest BCUT2D eigenvalue weighted by molar-refractivity contribution is 5.74. The van der Waals surface area contributed by atoms with Crippen LogP contribution in [0.3, 0.4) is 0 Å². The van der Waals surface area contributed by atoms with E-state index in [1.807, 2.05) is 24.3 Å². The number of nitrogens with zero attached hydrogens (tertiary/aromatic N) is 1. The monoisotopic (exact) mass is 241 g/mol. The maximum atomic E-state index is 10.5. The lowest BCUT2D eigenvalue weighted by Crippen LogP contribution is -1.91. The van der Waals surface area contributed by atoms with Crippen molar-refractivity contribution in [2.75, 3.05) is 0 Å². The Morgan fingerprint density at radius 2 is 1.83 bits per heavy atom. The molecule has 92 valence electrons. The molecule has 0 fully saturated rings. The number of rotatable bonds is 4. The van der Waals surface area contributed by atoms with Crippen LogP contribution in [-0.4, -0.2) is 11.3 Å². The van der Waals surface area contributed by atoms with Gasteiger partial charge >= 0.3 is 0 Å². The fourth-order valence-electron chi connectivity index (χ4n) is 1.56. The standard InChI is InChI=1S/C15H15NO2/c1-11(2)13-4-6-14(7-5-13)18-15-8-3-12(10-17)9-16-15/h3-11H,1-2H3. The van der Waals surface area contributed by atoms with E-state index in [0.29, 0.717) is 17.4 Å². The van der Waals surface area contributed by atoms with Gasteiger partial charge in [0.05, 0.1) is 0 Å². The van der Waals surface area contributed by atoms with Crippen LogP contribution in [0.15, 0.2) is 42.6 Å². The average molecular weight is 241 g/mol. The van der Waals surface area contributed by atoms with Crippen molar-refractivity contribution in [2.24, 2.45) is 0 Å². The van der Waals surface area contributed by atoms with Crippen molar-refractivity contribution in [3.63, 3.8) is 0 Å². The summed E-state index contributed by atoms with van der Waals surface area (Å²) in [6.45, 7) is 4.30. The molecule has 2 aromatic rings. The molecule has 0 aliphatic heterocycles. The van der Waals surface area contributed by atoms with Gasteiger partial charge in [-0.25, -0.2) is 4.98 Å². The Morgan fingerprint density at radius 3 is 2.33 bits per heavy atom. The van der Waals surface area contributed by atoms with Crippen molar-refractivity contribution in [1.29, 1.82) is 0 Å². The van der Waals surface area contributed by atoms with Gasteiger partial charge in [0.1, 0.15) is 5.75 Å². The maximum Gasteiger partial charge on any atom is 0.219 e. The number of carbonyl (C=O) groups is 1. The van der Waals surface area contributed by atoms with Crippen molar-refractivity contribution in [2.45, 2.75) is 19.8 Å². The highest BCUT2D eigenvalue weighted by Gasteiger charge is 2.01. The minimum absolute atomic E-state index is 0.484. The predicted octanol–water partition coefficient (Wildman–Crippen LogP) is 3.81. The summed E-state index contributed by atoms with van der Waals surface area (Å²) in [6.07, 6.45) is 2.25. The van der Waals surface area contributed by atoms with Crippen molar-refractivity contribution in [1.82, 2.24) is 4.98 Å². The fourth-order valence-corrected chi connectivity index (χ4v) is 1.56. The lowest BCUT2D eigenvalue weighted by Gasteiger charge is -2.07. The van der Waals surface area contributed by atoms with Crippen LogP contribution in [0.1, 0.15) is 35.7 Å². The van der Waals surface area contributed by atoms with Crippen molar-refractivity contribution < 1.29 is 9.53 Å². The molecule has 0 N–H and O–H groups in total. The molecule has 0 unspecified atom stereocenters. The molecule has 0 spiro atoms. The number of hydrogen-bond donors (Lipinski definition) is 0. The average Bonchev–Trinajstić information content (AvgIpc) is 2.40. The molecule has 0 saturated carbocycles. The molecule has 1 heterocycles. The molecular formula is C15H15NO2. The molecule has 0 aliphatic carbocycles. The maximum absolute atomic E-state index is 10.5. The minimum atomic E-state index is 0.484. The molecule has 1 aromatic heterocycles. The summed E-state index contributed by atoms with van der Waals surface area (Å²) >= 11 is 0.